The Balaban J connectivity index is 3.10. The van der Waals surface area contributed by atoms with Crippen LogP contribution in [0.25, 0.3) is 6.08 Å². The van der Waals surface area contributed by atoms with E-state index in [1.165, 1.54) is 13.2 Å². The summed E-state index contributed by atoms with van der Waals surface area (Å²) >= 11 is 0. The lowest BCUT2D eigenvalue weighted by molar-refractivity contribution is -0.138. The van der Waals surface area contributed by atoms with E-state index >= 15 is 0 Å². The van der Waals surface area contributed by atoms with Gasteiger partial charge in [0.1, 0.15) is 11.6 Å². The average Bonchev–Trinajstić information content (AvgIpc) is 2.53. The molecule has 122 valence electrons. The summed E-state index contributed by atoms with van der Waals surface area (Å²) in [5.41, 5.74) is 0.427. The molecule has 0 heterocycles. The summed E-state index contributed by atoms with van der Waals surface area (Å²) < 4.78 is 15.2. The summed E-state index contributed by atoms with van der Waals surface area (Å²) in [6.45, 7) is 5.30. The van der Waals surface area contributed by atoms with Gasteiger partial charge in [-0.1, -0.05) is 19.9 Å². The Morgan fingerprint density at radius 1 is 1.30 bits per heavy atom. The molecule has 0 aromatic heterocycles. The third kappa shape index (κ3) is 5.15. The Hall–Kier alpha value is -2.81. The molecule has 1 rings (SSSR count). The second-order valence-corrected chi connectivity index (χ2v) is 4.88. The molecule has 0 fully saturated rings. The molecule has 1 aromatic rings. The molecular formula is C17H19NO5. The Morgan fingerprint density at radius 3 is 2.52 bits per heavy atom. The van der Waals surface area contributed by atoms with E-state index in [9.17, 15) is 9.59 Å². The Morgan fingerprint density at radius 2 is 2.00 bits per heavy atom. The number of ether oxygens (including phenoxy) is 3. The van der Waals surface area contributed by atoms with Crippen molar-refractivity contribution in [3.63, 3.8) is 0 Å². The number of methoxy groups -OCH3 is 1. The number of carbonyl (C=O) groups excluding carboxylic acids is 2. The van der Waals surface area contributed by atoms with E-state index in [0.717, 1.165) is 0 Å². The maximum Gasteiger partial charge on any atom is 0.348 e. The van der Waals surface area contributed by atoms with E-state index in [4.69, 9.17) is 19.5 Å². The monoisotopic (exact) mass is 317 g/mol. The summed E-state index contributed by atoms with van der Waals surface area (Å²) in [5, 5.41) is 9.03. The molecule has 1 aromatic carbocycles. The lowest BCUT2D eigenvalue weighted by Crippen LogP contribution is -2.15. The van der Waals surface area contributed by atoms with Crippen LogP contribution in [0.3, 0.4) is 0 Å². The molecule has 0 amide bonds. The minimum atomic E-state index is -0.690. The van der Waals surface area contributed by atoms with Crippen LogP contribution in [0.2, 0.25) is 0 Å². The SMILES string of the molecule is CCOC(=O)/C(C#N)=C/c1ccc(OC(=O)C(C)C)c(OC)c1. The number of rotatable bonds is 6. The minimum Gasteiger partial charge on any atom is -0.493 e. The zero-order valence-corrected chi connectivity index (χ0v) is 13.6. The Bertz CT molecular complexity index is 655. The van der Waals surface area contributed by atoms with Crippen molar-refractivity contribution in [3.05, 3.63) is 29.3 Å². The standard InChI is InChI=1S/C17H19NO5/c1-5-22-17(20)13(10-18)8-12-6-7-14(15(9-12)21-4)23-16(19)11(2)3/h6-9,11H,5H2,1-4H3/b13-8+. The highest BCUT2D eigenvalue weighted by Crippen LogP contribution is 2.29. The van der Waals surface area contributed by atoms with Crippen LogP contribution in [0.1, 0.15) is 26.3 Å². The van der Waals surface area contributed by atoms with Gasteiger partial charge in [-0.3, -0.25) is 4.79 Å². The molecular weight excluding hydrogens is 298 g/mol. The predicted molar refractivity (Wildman–Crippen MR) is 83.7 cm³/mol. The zero-order chi connectivity index (χ0) is 17.4. The van der Waals surface area contributed by atoms with Crippen LogP contribution in [0, 0.1) is 17.2 Å². The van der Waals surface area contributed by atoms with Crippen LogP contribution >= 0.6 is 0 Å². The number of esters is 2. The van der Waals surface area contributed by atoms with Gasteiger partial charge in [0.2, 0.25) is 0 Å². The normalized spacial score (nSPS) is 10.9. The van der Waals surface area contributed by atoms with E-state index in [2.05, 4.69) is 0 Å². The van der Waals surface area contributed by atoms with Crippen molar-refractivity contribution >= 4 is 18.0 Å². The molecule has 0 saturated heterocycles. The Kier molecular flexibility index (Phi) is 6.81. The van der Waals surface area contributed by atoms with Gasteiger partial charge in [-0.15, -0.1) is 0 Å². The summed E-state index contributed by atoms with van der Waals surface area (Å²) in [6, 6.07) is 6.52. The van der Waals surface area contributed by atoms with Crippen molar-refractivity contribution in [2.45, 2.75) is 20.8 Å². The summed E-state index contributed by atoms with van der Waals surface area (Å²) in [4.78, 5) is 23.3. The van der Waals surface area contributed by atoms with E-state index in [1.807, 2.05) is 0 Å². The number of nitrogens with zero attached hydrogens (tertiary/aromatic N) is 1. The van der Waals surface area contributed by atoms with Crippen LogP contribution in [0.5, 0.6) is 11.5 Å². The van der Waals surface area contributed by atoms with Crippen molar-refractivity contribution in [3.8, 4) is 17.6 Å². The maximum absolute atomic E-state index is 11.7. The fraction of sp³-hybridized carbons (Fsp3) is 0.353. The smallest absolute Gasteiger partial charge is 0.348 e. The third-order valence-electron chi connectivity index (χ3n) is 2.80. The number of carbonyl (C=O) groups is 2. The highest BCUT2D eigenvalue weighted by Gasteiger charge is 2.15. The molecule has 6 nitrogen and oxygen atoms in total. The minimum absolute atomic E-state index is 0.124. The molecule has 0 aliphatic rings. The van der Waals surface area contributed by atoms with Gasteiger partial charge < -0.3 is 14.2 Å². The molecule has 0 saturated carbocycles. The third-order valence-corrected chi connectivity index (χ3v) is 2.80. The highest BCUT2D eigenvalue weighted by atomic mass is 16.6. The second kappa shape index (κ2) is 8.59. The van der Waals surface area contributed by atoms with Gasteiger partial charge >= 0.3 is 11.9 Å². The molecule has 0 atom stereocenters. The molecule has 0 radical (unpaired) electrons. The average molecular weight is 317 g/mol. The zero-order valence-electron chi connectivity index (χ0n) is 13.6. The number of nitriles is 1. The van der Waals surface area contributed by atoms with Crippen molar-refractivity contribution < 1.29 is 23.8 Å². The summed E-state index contributed by atoms with van der Waals surface area (Å²) in [5.74, 6) is -0.736. The first-order chi connectivity index (χ1) is 10.9. The molecule has 0 bridgehead atoms. The lowest BCUT2D eigenvalue weighted by atomic mass is 10.1. The van der Waals surface area contributed by atoms with Crippen LogP contribution in [-0.4, -0.2) is 25.7 Å². The number of benzene rings is 1. The Labute approximate surface area is 135 Å². The summed E-state index contributed by atoms with van der Waals surface area (Å²) in [7, 11) is 1.44. The molecule has 6 heteroatoms. The second-order valence-electron chi connectivity index (χ2n) is 4.88. The first-order valence-corrected chi connectivity index (χ1v) is 7.11. The van der Waals surface area contributed by atoms with E-state index in [-0.39, 0.29) is 29.8 Å². The molecule has 0 aliphatic heterocycles. The quantitative estimate of drug-likeness (QED) is 0.347. The molecule has 0 spiro atoms. The molecule has 23 heavy (non-hydrogen) atoms. The van der Waals surface area contributed by atoms with Crippen LogP contribution in [-0.2, 0) is 14.3 Å². The fourth-order valence-corrected chi connectivity index (χ4v) is 1.60. The van der Waals surface area contributed by atoms with Crippen molar-refractivity contribution in [2.75, 3.05) is 13.7 Å². The van der Waals surface area contributed by atoms with Gasteiger partial charge in [-0.05, 0) is 30.7 Å². The van der Waals surface area contributed by atoms with Crippen molar-refractivity contribution in [1.82, 2.24) is 0 Å². The van der Waals surface area contributed by atoms with Gasteiger partial charge in [-0.25, -0.2) is 4.79 Å². The maximum atomic E-state index is 11.7. The van der Waals surface area contributed by atoms with Crippen LogP contribution < -0.4 is 9.47 Å². The number of hydrogen-bond donors (Lipinski definition) is 0. The van der Waals surface area contributed by atoms with Gasteiger partial charge in [0.25, 0.3) is 0 Å². The fourth-order valence-electron chi connectivity index (χ4n) is 1.60. The molecule has 0 unspecified atom stereocenters. The van der Waals surface area contributed by atoms with Crippen molar-refractivity contribution in [2.24, 2.45) is 5.92 Å². The lowest BCUT2D eigenvalue weighted by Gasteiger charge is -2.11. The van der Waals surface area contributed by atoms with Gasteiger partial charge in [-0.2, -0.15) is 5.26 Å². The molecule has 0 N–H and O–H groups in total. The van der Waals surface area contributed by atoms with E-state index in [0.29, 0.717) is 11.3 Å². The summed E-state index contributed by atoms with van der Waals surface area (Å²) in [6.07, 6.45) is 1.38. The topological polar surface area (TPSA) is 85.6 Å². The van der Waals surface area contributed by atoms with Gasteiger partial charge in [0, 0.05) is 0 Å². The van der Waals surface area contributed by atoms with Gasteiger partial charge in [0.05, 0.1) is 19.6 Å². The predicted octanol–water partition coefficient (Wildman–Crippen LogP) is 2.73. The van der Waals surface area contributed by atoms with Gasteiger partial charge in [0.15, 0.2) is 11.5 Å². The van der Waals surface area contributed by atoms with Crippen molar-refractivity contribution in [1.29, 1.82) is 5.26 Å². The first-order valence-electron chi connectivity index (χ1n) is 7.11. The largest absolute Gasteiger partial charge is 0.493 e. The van der Waals surface area contributed by atoms with Crippen LogP contribution in [0.15, 0.2) is 23.8 Å². The van der Waals surface area contributed by atoms with E-state index < -0.39 is 5.97 Å². The molecule has 0 aliphatic carbocycles. The van der Waals surface area contributed by atoms with Crippen LogP contribution in [0.4, 0.5) is 0 Å². The highest BCUT2D eigenvalue weighted by molar-refractivity contribution is 5.98. The first kappa shape index (κ1) is 18.2. The van der Waals surface area contributed by atoms with E-state index in [1.54, 1.807) is 45.0 Å². The number of hydrogen-bond acceptors (Lipinski definition) is 6.